The number of hydrogen-bond donors (Lipinski definition) is 3. The first-order valence-electron chi connectivity index (χ1n) is 3.77. The standard InChI is InChI=1S/C9H10NO3/c10-7(5-11)3-6-1-2-8(12)9(13)4-6/h1-2,4,7,12-13H,3,10H2/t7-/m1/s1. The lowest BCUT2D eigenvalue weighted by Gasteiger charge is -2.04. The zero-order valence-corrected chi connectivity index (χ0v) is 6.90. The SMILES string of the molecule is N[C@@H]([C]=O)Cc1ccc(O)c(O)c1. The number of rotatable bonds is 3. The maximum Gasteiger partial charge on any atom is 0.217 e. The lowest BCUT2D eigenvalue weighted by molar-refractivity contribution is 0.403. The van der Waals surface area contributed by atoms with Gasteiger partial charge in [0.05, 0.1) is 6.04 Å². The van der Waals surface area contributed by atoms with Crippen LogP contribution in [0.5, 0.6) is 11.5 Å². The first-order chi connectivity index (χ1) is 6.13. The van der Waals surface area contributed by atoms with Crippen LogP contribution in [-0.4, -0.2) is 22.5 Å². The number of carbonyl (C=O) groups excluding carboxylic acids is 1. The molecule has 4 nitrogen and oxygen atoms in total. The molecule has 4 N–H and O–H groups in total. The van der Waals surface area contributed by atoms with Gasteiger partial charge in [-0.3, -0.25) is 4.79 Å². The fourth-order valence-electron chi connectivity index (χ4n) is 0.992. The summed E-state index contributed by atoms with van der Waals surface area (Å²) in [6, 6.07) is 3.62. The molecule has 0 heterocycles. The van der Waals surface area contributed by atoms with E-state index in [1.807, 2.05) is 0 Å². The fourth-order valence-corrected chi connectivity index (χ4v) is 0.992. The molecule has 4 heteroatoms. The molecule has 0 spiro atoms. The van der Waals surface area contributed by atoms with Crippen LogP contribution in [0.3, 0.4) is 0 Å². The largest absolute Gasteiger partial charge is 0.504 e. The molecule has 0 bridgehead atoms. The molecule has 0 amide bonds. The van der Waals surface area contributed by atoms with Crippen molar-refractivity contribution in [3.63, 3.8) is 0 Å². The van der Waals surface area contributed by atoms with Gasteiger partial charge in [0.2, 0.25) is 6.29 Å². The first kappa shape index (κ1) is 9.54. The Bertz CT molecular complexity index is 312. The predicted octanol–water partition coefficient (Wildman–Crippen LogP) is 0.0773. The Labute approximate surface area is 75.6 Å². The third-order valence-electron chi connectivity index (χ3n) is 1.65. The normalized spacial score (nSPS) is 12.4. The maximum atomic E-state index is 10.1. The maximum absolute atomic E-state index is 10.1. The third-order valence-corrected chi connectivity index (χ3v) is 1.65. The molecule has 0 aromatic heterocycles. The molecule has 0 aliphatic rings. The Morgan fingerprint density at radius 2 is 2.08 bits per heavy atom. The van der Waals surface area contributed by atoms with E-state index in [-0.39, 0.29) is 11.5 Å². The zero-order chi connectivity index (χ0) is 9.84. The van der Waals surface area contributed by atoms with Crippen molar-refractivity contribution < 1.29 is 15.0 Å². The van der Waals surface area contributed by atoms with Crippen LogP contribution in [0.15, 0.2) is 18.2 Å². The molecule has 1 rings (SSSR count). The molecule has 1 aromatic rings. The molecule has 0 saturated heterocycles. The van der Waals surface area contributed by atoms with Crippen molar-refractivity contribution in [3.05, 3.63) is 23.8 Å². The van der Waals surface area contributed by atoms with Crippen LogP contribution in [0.2, 0.25) is 0 Å². The molecule has 1 aromatic carbocycles. The minimum atomic E-state index is -0.691. The molecular weight excluding hydrogens is 170 g/mol. The van der Waals surface area contributed by atoms with Crippen molar-refractivity contribution in [2.24, 2.45) is 5.73 Å². The zero-order valence-electron chi connectivity index (χ0n) is 6.90. The van der Waals surface area contributed by atoms with Crippen LogP contribution < -0.4 is 5.73 Å². The van der Waals surface area contributed by atoms with E-state index in [0.717, 1.165) is 0 Å². The van der Waals surface area contributed by atoms with Gasteiger partial charge in [0.15, 0.2) is 11.5 Å². The molecule has 0 unspecified atom stereocenters. The second-order valence-electron chi connectivity index (χ2n) is 2.75. The van der Waals surface area contributed by atoms with Gasteiger partial charge < -0.3 is 15.9 Å². The quantitative estimate of drug-likeness (QED) is 0.575. The van der Waals surface area contributed by atoms with E-state index in [2.05, 4.69) is 0 Å². The highest BCUT2D eigenvalue weighted by Crippen LogP contribution is 2.25. The van der Waals surface area contributed by atoms with Crippen LogP contribution in [0.4, 0.5) is 0 Å². The molecule has 0 aliphatic carbocycles. The van der Waals surface area contributed by atoms with Gasteiger partial charge in [-0.25, -0.2) is 0 Å². The minimum Gasteiger partial charge on any atom is -0.504 e. The number of nitrogens with two attached hydrogens (primary N) is 1. The van der Waals surface area contributed by atoms with Gasteiger partial charge in [0, 0.05) is 0 Å². The highest BCUT2D eigenvalue weighted by atomic mass is 16.3. The Morgan fingerprint density at radius 3 is 2.62 bits per heavy atom. The summed E-state index contributed by atoms with van der Waals surface area (Å²) in [4.78, 5) is 10.1. The van der Waals surface area contributed by atoms with Crippen LogP contribution in [0, 0.1) is 0 Å². The molecule has 69 valence electrons. The average molecular weight is 180 g/mol. The van der Waals surface area contributed by atoms with Crippen LogP contribution in [0.1, 0.15) is 5.56 Å². The number of hydrogen-bond acceptors (Lipinski definition) is 4. The van der Waals surface area contributed by atoms with Crippen LogP contribution >= 0.6 is 0 Å². The summed E-state index contributed by atoms with van der Waals surface area (Å²) < 4.78 is 0. The Balaban J connectivity index is 2.79. The predicted molar refractivity (Wildman–Crippen MR) is 47.1 cm³/mol. The molecule has 1 atom stereocenters. The molecule has 0 aliphatic heterocycles. The van der Waals surface area contributed by atoms with Gasteiger partial charge >= 0.3 is 0 Å². The Hall–Kier alpha value is -1.55. The van der Waals surface area contributed by atoms with Crippen molar-refractivity contribution in [2.75, 3.05) is 0 Å². The second-order valence-corrected chi connectivity index (χ2v) is 2.75. The summed E-state index contributed by atoms with van der Waals surface area (Å²) in [5.41, 5.74) is 6.01. The minimum absolute atomic E-state index is 0.188. The molecule has 1 radical (unpaired) electrons. The van der Waals surface area contributed by atoms with Crippen molar-refractivity contribution in [1.29, 1.82) is 0 Å². The van der Waals surface area contributed by atoms with E-state index in [1.54, 1.807) is 12.4 Å². The van der Waals surface area contributed by atoms with Gasteiger partial charge in [-0.1, -0.05) is 6.07 Å². The fraction of sp³-hybridized carbons (Fsp3) is 0.222. The summed E-state index contributed by atoms with van der Waals surface area (Å²) in [5, 5.41) is 18.1. The summed E-state index contributed by atoms with van der Waals surface area (Å²) in [6.45, 7) is 0. The molecule has 0 fully saturated rings. The topological polar surface area (TPSA) is 83.6 Å². The van der Waals surface area contributed by atoms with E-state index >= 15 is 0 Å². The van der Waals surface area contributed by atoms with Gasteiger partial charge in [-0.05, 0) is 24.1 Å². The van der Waals surface area contributed by atoms with Gasteiger partial charge in [-0.2, -0.15) is 0 Å². The molecule has 0 saturated carbocycles. The van der Waals surface area contributed by atoms with E-state index in [4.69, 9.17) is 15.9 Å². The smallest absolute Gasteiger partial charge is 0.217 e. The van der Waals surface area contributed by atoms with E-state index < -0.39 is 6.04 Å². The summed E-state index contributed by atoms with van der Waals surface area (Å²) >= 11 is 0. The highest BCUT2D eigenvalue weighted by molar-refractivity contribution is 5.59. The highest BCUT2D eigenvalue weighted by Gasteiger charge is 2.05. The number of aromatic hydroxyl groups is 2. The van der Waals surface area contributed by atoms with Crippen molar-refractivity contribution >= 4 is 6.29 Å². The monoisotopic (exact) mass is 180 g/mol. The van der Waals surface area contributed by atoms with E-state index in [0.29, 0.717) is 12.0 Å². The lowest BCUT2D eigenvalue weighted by atomic mass is 10.1. The van der Waals surface area contributed by atoms with Gasteiger partial charge in [0.1, 0.15) is 0 Å². The number of benzene rings is 1. The molecule has 13 heavy (non-hydrogen) atoms. The van der Waals surface area contributed by atoms with E-state index in [9.17, 15) is 4.79 Å². The van der Waals surface area contributed by atoms with Crippen LogP contribution in [-0.2, 0) is 11.2 Å². The van der Waals surface area contributed by atoms with Crippen LogP contribution in [0.25, 0.3) is 0 Å². The Kier molecular flexibility index (Phi) is 2.87. The van der Waals surface area contributed by atoms with E-state index in [1.165, 1.54) is 12.1 Å². The summed E-state index contributed by atoms with van der Waals surface area (Å²) in [6.07, 6.45) is 1.93. The molecular formula is C9H10NO3. The van der Waals surface area contributed by atoms with Crippen molar-refractivity contribution in [3.8, 4) is 11.5 Å². The lowest BCUT2D eigenvalue weighted by Crippen LogP contribution is -2.23. The summed E-state index contributed by atoms with van der Waals surface area (Å²) in [7, 11) is 0. The van der Waals surface area contributed by atoms with Gasteiger partial charge in [0.25, 0.3) is 0 Å². The number of phenols is 2. The first-order valence-corrected chi connectivity index (χ1v) is 3.77. The average Bonchev–Trinajstić information content (AvgIpc) is 2.11. The van der Waals surface area contributed by atoms with Crippen molar-refractivity contribution in [2.45, 2.75) is 12.5 Å². The van der Waals surface area contributed by atoms with Crippen molar-refractivity contribution in [1.82, 2.24) is 0 Å². The number of phenolic OH excluding ortho intramolecular Hbond substituents is 2. The second kappa shape index (κ2) is 3.91. The third kappa shape index (κ3) is 2.45. The van der Waals surface area contributed by atoms with Gasteiger partial charge in [-0.15, -0.1) is 0 Å². The summed E-state index contributed by atoms with van der Waals surface area (Å²) in [5.74, 6) is -0.400. The Morgan fingerprint density at radius 1 is 1.38 bits per heavy atom.